The summed E-state index contributed by atoms with van der Waals surface area (Å²) in [6.45, 7) is 0.232. The molecule has 0 bridgehead atoms. The Labute approximate surface area is 216 Å². The van der Waals surface area contributed by atoms with Gasteiger partial charge in [-0.3, -0.25) is 4.79 Å². The number of urea groups is 1. The van der Waals surface area contributed by atoms with Crippen LogP contribution in [0.25, 0.3) is 11.1 Å². The second-order valence-corrected chi connectivity index (χ2v) is 8.53. The van der Waals surface area contributed by atoms with E-state index in [1.54, 1.807) is 36.4 Å². The summed E-state index contributed by atoms with van der Waals surface area (Å²) in [5, 5.41) is 4.97. The van der Waals surface area contributed by atoms with Gasteiger partial charge in [0.1, 0.15) is 0 Å². The van der Waals surface area contributed by atoms with Crippen LogP contribution in [-0.4, -0.2) is 49.7 Å². The minimum Gasteiger partial charge on any atom is -0.467 e. The maximum Gasteiger partial charge on any atom is 0.416 e. The first-order valence-electron chi connectivity index (χ1n) is 11.5. The predicted molar refractivity (Wildman–Crippen MR) is 134 cm³/mol. The molecule has 4 rings (SSSR count). The number of alkyl halides is 3. The zero-order chi connectivity index (χ0) is 27.4. The SMILES string of the molecule is COC[C@@H](C(=O)OC)N1Cc2cc(-c3ccc(NC(=O)Nc4cccc(C(F)(F)F)c4)cc3)ccc2C1=O. The van der Waals surface area contributed by atoms with Gasteiger partial charge in [0.2, 0.25) is 0 Å². The van der Waals surface area contributed by atoms with E-state index in [4.69, 9.17) is 9.47 Å². The predicted octanol–water partition coefficient (Wildman–Crippen LogP) is 5.16. The molecule has 0 spiro atoms. The average molecular weight is 527 g/mol. The van der Waals surface area contributed by atoms with Crippen LogP contribution in [0.1, 0.15) is 21.5 Å². The van der Waals surface area contributed by atoms with Crippen LogP contribution in [0.3, 0.4) is 0 Å². The highest BCUT2D eigenvalue weighted by Gasteiger charge is 2.37. The van der Waals surface area contributed by atoms with Crippen molar-refractivity contribution in [2.24, 2.45) is 0 Å². The summed E-state index contributed by atoms with van der Waals surface area (Å²) in [4.78, 5) is 38.7. The largest absolute Gasteiger partial charge is 0.467 e. The number of nitrogens with one attached hydrogen (secondary N) is 2. The van der Waals surface area contributed by atoms with Crippen molar-refractivity contribution in [2.45, 2.75) is 18.8 Å². The van der Waals surface area contributed by atoms with Crippen LogP contribution in [0.5, 0.6) is 0 Å². The van der Waals surface area contributed by atoms with Crippen LogP contribution in [0.2, 0.25) is 0 Å². The van der Waals surface area contributed by atoms with E-state index >= 15 is 0 Å². The molecule has 3 aromatic rings. The van der Waals surface area contributed by atoms with Crippen molar-refractivity contribution in [2.75, 3.05) is 31.5 Å². The Morgan fingerprint density at radius 2 is 1.63 bits per heavy atom. The summed E-state index contributed by atoms with van der Waals surface area (Å²) < 4.78 is 48.6. The fraction of sp³-hybridized carbons (Fsp3) is 0.222. The lowest BCUT2D eigenvalue weighted by molar-refractivity contribution is -0.148. The van der Waals surface area contributed by atoms with Gasteiger partial charge in [-0.1, -0.05) is 24.3 Å². The van der Waals surface area contributed by atoms with Gasteiger partial charge in [0.05, 0.1) is 19.3 Å². The maximum atomic E-state index is 12.9. The highest BCUT2D eigenvalue weighted by molar-refractivity contribution is 6.01. The molecule has 1 atom stereocenters. The molecular weight excluding hydrogens is 503 g/mol. The molecule has 0 saturated carbocycles. The van der Waals surface area contributed by atoms with E-state index in [1.165, 1.54) is 31.3 Å². The van der Waals surface area contributed by atoms with Crippen LogP contribution in [0, 0.1) is 0 Å². The van der Waals surface area contributed by atoms with Crippen molar-refractivity contribution in [1.82, 2.24) is 4.90 Å². The fourth-order valence-electron chi connectivity index (χ4n) is 4.17. The number of methoxy groups -OCH3 is 2. The van der Waals surface area contributed by atoms with Gasteiger partial charge in [-0.05, 0) is 59.2 Å². The normalized spacial score (nSPS) is 13.6. The second kappa shape index (κ2) is 10.9. The Hall–Kier alpha value is -4.38. The molecule has 1 heterocycles. The third-order valence-electron chi connectivity index (χ3n) is 6.04. The van der Waals surface area contributed by atoms with Crippen molar-refractivity contribution in [3.63, 3.8) is 0 Å². The Kier molecular flexibility index (Phi) is 7.67. The standard InChI is InChI=1S/C27H24F3N3O5/c1-37-15-23(25(35)38-2)33-14-18-12-17(8-11-22(18)24(33)34)16-6-9-20(10-7-16)31-26(36)32-21-5-3-4-19(13-21)27(28,29)30/h3-13,23H,14-15H2,1-2H3,(H2,31,32,36)/t23-/m0/s1. The minimum atomic E-state index is -4.51. The third kappa shape index (κ3) is 5.78. The Balaban J connectivity index is 1.44. The van der Waals surface area contributed by atoms with E-state index in [1.807, 2.05) is 6.07 Å². The number of hydrogen-bond donors (Lipinski definition) is 2. The number of anilines is 2. The van der Waals surface area contributed by atoms with Crippen molar-refractivity contribution in [3.05, 3.63) is 83.4 Å². The molecular formula is C27H24F3N3O5. The number of carbonyl (C=O) groups is 3. The highest BCUT2D eigenvalue weighted by atomic mass is 19.4. The van der Waals surface area contributed by atoms with Gasteiger partial charge in [-0.25, -0.2) is 9.59 Å². The Morgan fingerprint density at radius 1 is 0.947 bits per heavy atom. The smallest absolute Gasteiger partial charge is 0.416 e. The maximum absolute atomic E-state index is 12.9. The van der Waals surface area contributed by atoms with Crippen molar-refractivity contribution >= 4 is 29.3 Å². The molecule has 0 radical (unpaired) electrons. The van der Waals surface area contributed by atoms with Crippen LogP contribution in [-0.2, 0) is 27.0 Å². The van der Waals surface area contributed by atoms with E-state index in [9.17, 15) is 27.6 Å². The Morgan fingerprint density at radius 3 is 2.29 bits per heavy atom. The number of carbonyl (C=O) groups excluding carboxylic acids is 3. The molecule has 0 fully saturated rings. The highest BCUT2D eigenvalue weighted by Crippen LogP contribution is 2.32. The van der Waals surface area contributed by atoms with E-state index in [2.05, 4.69) is 10.6 Å². The van der Waals surface area contributed by atoms with E-state index in [-0.39, 0.29) is 24.7 Å². The molecule has 2 N–H and O–H groups in total. The molecule has 0 saturated heterocycles. The van der Waals surface area contributed by atoms with Gasteiger partial charge in [0.25, 0.3) is 5.91 Å². The van der Waals surface area contributed by atoms with Gasteiger partial charge >= 0.3 is 18.2 Å². The lowest BCUT2D eigenvalue weighted by atomic mass is 10.0. The zero-order valence-corrected chi connectivity index (χ0v) is 20.5. The first-order valence-corrected chi connectivity index (χ1v) is 11.5. The first kappa shape index (κ1) is 26.7. The topological polar surface area (TPSA) is 97.0 Å². The lowest BCUT2D eigenvalue weighted by Crippen LogP contribution is -2.45. The second-order valence-electron chi connectivity index (χ2n) is 8.53. The number of rotatable bonds is 7. The molecule has 0 unspecified atom stereocenters. The van der Waals surface area contributed by atoms with E-state index in [0.717, 1.165) is 28.8 Å². The third-order valence-corrected chi connectivity index (χ3v) is 6.04. The summed E-state index contributed by atoms with van der Waals surface area (Å²) in [7, 11) is 2.69. The molecule has 198 valence electrons. The van der Waals surface area contributed by atoms with Crippen molar-refractivity contribution in [3.8, 4) is 11.1 Å². The summed E-state index contributed by atoms with van der Waals surface area (Å²) >= 11 is 0. The number of benzene rings is 3. The number of nitrogens with zero attached hydrogens (tertiary/aromatic N) is 1. The van der Waals surface area contributed by atoms with E-state index in [0.29, 0.717) is 11.3 Å². The zero-order valence-electron chi connectivity index (χ0n) is 20.5. The molecule has 3 aromatic carbocycles. The molecule has 1 aliphatic rings. The molecule has 8 nitrogen and oxygen atoms in total. The molecule has 11 heteroatoms. The van der Waals surface area contributed by atoms with Crippen LogP contribution in [0.15, 0.2) is 66.7 Å². The van der Waals surface area contributed by atoms with Gasteiger partial charge in [-0.15, -0.1) is 0 Å². The average Bonchev–Trinajstić information content (AvgIpc) is 3.22. The lowest BCUT2D eigenvalue weighted by Gasteiger charge is -2.24. The quantitative estimate of drug-likeness (QED) is 0.414. The van der Waals surface area contributed by atoms with Crippen LogP contribution in [0.4, 0.5) is 29.3 Å². The van der Waals surface area contributed by atoms with Crippen molar-refractivity contribution in [1.29, 1.82) is 0 Å². The first-order chi connectivity index (χ1) is 18.1. The number of esters is 1. The Bertz CT molecular complexity index is 1360. The van der Waals surface area contributed by atoms with Crippen molar-refractivity contribution < 1.29 is 37.0 Å². The number of hydrogen-bond acceptors (Lipinski definition) is 5. The minimum absolute atomic E-state index is 0.00899. The number of fused-ring (bicyclic) bond motifs is 1. The number of ether oxygens (including phenoxy) is 2. The van der Waals surface area contributed by atoms with Crippen LogP contribution < -0.4 is 10.6 Å². The summed E-state index contributed by atoms with van der Waals surface area (Å²) in [6, 6.07) is 15.0. The summed E-state index contributed by atoms with van der Waals surface area (Å²) in [6.07, 6.45) is -4.51. The number of halogens is 3. The molecule has 0 aliphatic carbocycles. The van der Waals surface area contributed by atoms with Gasteiger partial charge in [0.15, 0.2) is 6.04 Å². The van der Waals surface area contributed by atoms with Gasteiger partial charge < -0.3 is 25.0 Å². The number of amides is 3. The molecule has 38 heavy (non-hydrogen) atoms. The van der Waals surface area contributed by atoms with Crippen LogP contribution >= 0.6 is 0 Å². The monoisotopic (exact) mass is 527 g/mol. The van der Waals surface area contributed by atoms with E-state index < -0.39 is 29.8 Å². The molecule has 0 aromatic heterocycles. The van der Waals surface area contributed by atoms with Gasteiger partial charge in [0, 0.05) is 30.6 Å². The van der Waals surface area contributed by atoms with Gasteiger partial charge in [-0.2, -0.15) is 13.2 Å². The fourth-order valence-corrected chi connectivity index (χ4v) is 4.17. The summed E-state index contributed by atoms with van der Waals surface area (Å²) in [5.74, 6) is -0.848. The molecule has 1 aliphatic heterocycles. The summed E-state index contributed by atoms with van der Waals surface area (Å²) in [5.41, 5.74) is 2.45. The molecule has 3 amide bonds.